The van der Waals surface area contributed by atoms with E-state index in [1.54, 1.807) is 0 Å². The largest absolute Gasteiger partial charge is 0.407 e. The first kappa shape index (κ1) is 33.8. The van der Waals surface area contributed by atoms with E-state index < -0.39 is 0 Å². The molecule has 2 nitrogen and oxygen atoms in total. The highest BCUT2D eigenvalue weighted by molar-refractivity contribution is 6.27. The average Bonchev–Trinajstić information content (AvgIpc) is 2.96. The summed E-state index contributed by atoms with van der Waals surface area (Å²) in [6.45, 7) is 2.30. The minimum Gasteiger partial charge on any atom is -0.407 e. The van der Waals surface area contributed by atoms with Crippen molar-refractivity contribution in [1.82, 2.24) is 4.90 Å². The van der Waals surface area contributed by atoms with Gasteiger partial charge in [-0.3, -0.25) is 0 Å². The second-order valence-corrected chi connectivity index (χ2v) is 12.7. The van der Waals surface area contributed by atoms with Crippen LogP contribution in [0, 0.1) is 0 Å². The van der Waals surface area contributed by atoms with E-state index in [4.69, 9.17) is 4.43 Å². The van der Waals surface area contributed by atoms with E-state index in [0.717, 1.165) is 6.04 Å². The standard InChI is InChI=1S/C36H59NOSi/c1-4-5-6-7-8-9-10-11-12-13-14-15-16-17-24-30-35(37(2)3)31-25-32-39-38-36(33-26-20-18-21-27-33)34-28-22-19-23-29-34/h18-23,26-29,35-36H,4-17,24-25,30-32H2,1-3H3. The van der Waals surface area contributed by atoms with Crippen molar-refractivity contribution < 1.29 is 4.43 Å². The van der Waals surface area contributed by atoms with Crippen molar-refractivity contribution in [3.8, 4) is 0 Å². The van der Waals surface area contributed by atoms with Gasteiger partial charge in [-0.25, -0.2) is 0 Å². The van der Waals surface area contributed by atoms with Crippen molar-refractivity contribution in [2.45, 2.75) is 141 Å². The molecule has 0 aliphatic heterocycles. The summed E-state index contributed by atoms with van der Waals surface area (Å²) in [6.07, 6.45) is 25.5. The predicted molar refractivity (Wildman–Crippen MR) is 173 cm³/mol. The van der Waals surface area contributed by atoms with Crippen LogP contribution in [0.15, 0.2) is 60.7 Å². The minimum atomic E-state index is 0.0377. The van der Waals surface area contributed by atoms with Gasteiger partial charge in [-0.15, -0.1) is 0 Å². The molecule has 1 atom stereocenters. The molecule has 0 fully saturated rings. The third-order valence-corrected chi connectivity index (χ3v) is 9.05. The first-order valence-corrected chi connectivity index (χ1v) is 17.5. The van der Waals surface area contributed by atoms with Crippen molar-refractivity contribution in [2.75, 3.05) is 14.1 Å². The predicted octanol–water partition coefficient (Wildman–Crippen LogP) is 10.8. The summed E-state index contributed by atoms with van der Waals surface area (Å²) >= 11 is 0. The Morgan fingerprint density at radius 2 is 0.974 bits per heavy atom. The zero-order chi connectivity index (χ0) is 27.8. The third kappa shape index (κ3) is 16.4. The van der Waals surface area contributed by atoms with Crippen LogP contribution in [-0.4, -0.2) is 34.8 Å². The van der Waals surface area contributed by atoms with Crippen molar-refractivity contribution in [2.24, 2.45) is 0 Å². The van der Waals surface area contributed by atoms with Gasteiger partial charge in [0.05, 0.1) is 6.10 Å². The maximum Gasteiger partial charge on any atom is 0.231 e. The molecule has 1 unspecified atom stereocenters. The van der Waals surface area contributed by atoms with Crippen LogP contribution < -0.4 is 0 Å². The van der Waals surface area contributed by atoms with Gasteiger partial charge < -0.3 is 9.33 Å². The number of nitrogens with zero attached hydrogens (tertiary/aromatic N) is 1. The lowest BCUT2D eigenvalue weighted by Crippen LogP contribution is -2.28. The fourth-order valence-corrected chi connectivity index (χ4v) is 6.45. The first-order valence-electron chi connectivity index (χ1n) is 16.4. The highest BCUT2D eigenvalue weighted by Crippen LogP contribution is 2.26. The summed E-state index contributed by atoms with van der Waals surface area (Å²) in [5.74, 6) is 0. The summed E-state index contributed by atoms with van der Waals surface area (Å²) in [5.41, 5.74) is 2.49. The monoisotopic (exact) mass is 549 g/mol. The van der Waals surface area contributed by atoms with E-state index in [-0.39, 0.29) is 6.10 Å². The quantitative estimate of drug-likeness (QED) is 0.0902. The molecular weight excluding hydrogens is 490 g/mol. The van der Waals surface area contributed by atoms with Crippen LogP contribution in [0.3, 0.4) is 0 Å². The Kier molecular flexibility index (Phi) is 20.2. The third-order valence-electron chi connectivity index (χ3n) is 8.09. The number of benzene rings is 2. The highest BCUT2D eigenvalue weighted by atomic mass is 28.2. The van der Waals surface area contributed by atoms with Gasteiger partial charge in [-0.2, -0.15) is 0 Å². The van der Waals surface area contributed by atoms with Crippen LogP contribution in [0.4, 0.5) is 0 Å². The lowest BCUT2D eigenvalue weighted by Gasteiger charge is -2.24. The second kappa shape index (κ2) is 23.3. The Labute approximate surface area is 245 Å². The molecular formula is C36H59NOSi. The average molecular weight is 550 g/mol. The summed E-state index contributed by atoms with van der Waals surface area (Å²) in [6, 6.07) is 23.2. The summed E-state index contributed by atoms with van der Waals surface area (Å²) in [5, 5.41) is 0. The maximum atomic E-state index is 6.46. The Hall–Kier alpha value is -1.42. The molecule has 0 N–H and O–H groups in total. The summed E-state index contributed by atoms with van der Waals surface area (Å²) < 4.78 is 6.46. The van der Waals surface area contributed by atoms with Crippen LogP contribution in [0.1, 0.15) is 140 Å². The Balaban J connectivity index is 1.50. The molecule has 0 aliphatic carbocycles. The minimum absolute atomic E-state index is 0.0377. The van der Waals surface area contributed by atoms with Gasteiger partial charge in [-0.05, 0) is 44.1 Å². The molecule has 3 heteroatoms. The van der Waals surface area contributed by atoms with E-state index in [2.05, 4.69) is 86.6 Å². The van der Waals surface area contributed by atoms with E-state index in [0.29, 0.717) is 15.8 Å². The highest BCUT2D eigenvalue weighted by Gasteiger charge is 2.15. The fourth-order valence-electron chi connectivity index (χ4n) is 5.55. The molecule has 0 saturated carbocycles. The van der Waals surface area contributed by atoms with E-state index in [9.17, 15) is 0 Å². The SMILES string of the molecule is CCCCCCCCCCCCCCCCCC(CCC[Si]OC(c1ccccc1)c1ccccc1)N(C)C. The number of hydrogen-bond donors (Lipinski definition) is 0. The zero-order valence-corrected chi connectivity index (χ0v) is 26.7. The Bertz CT molecular complexity index is 742. The lowest BCUT2D eigenvalue weighted by atomic mass is 10.0. The lowest BCUT2D eigenvalue weighted by molar-refractivity contribution is 0.248. The second-order valence-electron chi connectivity index (χ2n) is 11.7. The van der Waals surface area contributed by atoms with Crippen molar-refractivity contribution in [3.05, 3.63) is 71.8 Å². The van der Waals surface area contributed by atoms with Gasteiger partial charge in [0.2, 0.25) is 9.76 Å². The molecule has 2 rings (SSSR count). The Morgan fingerprint density at radius 3 is 1.41 bits per heavy atom. The molecule has 0 heterocycles. The van der Waals surface area contributed by atoms with Crippen molar-refractivity contribution >= 4 is 9.76 Å². The van der Waals surface area contributed by atoms with Crippen LogP contribution in [0.25, 0.3) is 0 Å². The number of hydrogen-bond acceptors (Lipinski definition) is 2. The first-order chi connectivity index (χ1) is 19.2. The maximum absolute atomic E-state index is 6.46. The zero-order valence-electron chi connectivity index (χ0n) is 25.7. The molecule has 0 saturated heterocycles. The van der Waals surface area contributed by atoms with E-state index >= 15 is 0 Å². The van der Waals surface area contributed by atoms with Gasteiger partial charge in [0.25, 0.3) is 0 Å². The number of unbranched alkanes of at least 4 members (excludes halogenated alkanes) is 14. The summed E-state index contributed by atoms with van der Waals surface area (Å²) in [7, 11) is 5.06. The van der Waals surface area contributed by atoms with E-state index in [1.807, 2.05) is 0 Å². The molecule has 0 spiro atoms. The smallest absolute Gasteiger partial charge is 0.231 e. The van der Waals surface area contributed by atoms with Gasteiger partial charge in [0, 0.05) is 6.04 Å². The molecule has 0 aromatic heterocycles. The topological polar surface area (TPSA) is 12.5 Å². The number of rotatable bonds is 25. The molecule has 218 valence electrons. The van der Waals surface area contributed by atoms with Gasteiger partial charge in [0.1, 0.15) is 0 Å². The molecule has 0 aliphatic rings. The molecule has 0 amide bonds. The van der Waals surface area contributed by atoms with Crippen molar-refractivity contribution in [3.63, 3.8) is 0 Å². The van der Waals surface area contributed by atoms with Crippen molar-refractivity contribution in [1.29, 1.82) is 0 Å². The molecule has 0 bridgehead atoms. The van der Waals surface area contributed by atoms with Gasteiger partial charge in [-0.1, -0.05) is 170 Å². The van der Waals surface area contributed by atoms with Gasteiger partial charge in [0.15, 0.2) is 0 Å². The van der Waals surface area contributed by atoms with Gasteiger partial charge >= 0.3 is 0 Å². The Morgan fingerprint density at radius 1 is 0.564 bits per heavy atom. The van der Waals surface area contributed by atoms with E-state index in [1.165, 1.54) is 127 Å². The molecule has 2 aromatic rings. The molecule has 39 heavy (non-hydrogen) atoms. The normalized spacial score (nSPS) is 12.4. The fraction of sp³-hybridized carbons (Fsp3) is 0.667. The summed E-state index contributed by atoms with van der Waals surface area (Å²) in [4.78, 5) is 2.45. The van der Waals surface area contributed by atoms with Crippen LogP contribution in [0.2, 0.25) is 6.04 Å². The van der Waals surface area contributed by atoms with Crippen LogP contribution in [0.5, 0.6) is 0 Å². The molecule has 2 radical (unpaired) electrons. The molecule has 2 aromatic carbocycles. The van der Waals surface area contributed by atoms with Crippen LogP contribution in [-0.2, 0) is 4.43 Å². The van der Waals surface area contributed by atoms with Crippen LogP contribution >= 0.6 is 0 Å².